The van der Waals surface area contributed by atoms with Gasteiger partial charge in [0, 0.05) is 44.0 Å². The van der Waals surface area contributed by atoms with Crippen molar-refractivity contribution in [2.75, 3.05) is 25.1 Å². The van der Waals surface area contributed by atoms with Crippen molar-refractivity contribution in [3.8, 4) is 0 Å². The predicted molar refractivity (Wildman–Crippen MR) is 78.6 cm³/mol. The van der Waals surface area contributed by atoms with Crippen LogP contribution in [0.25, 0.3) is 0 Å². The van der Waals surface area contributed by atoms with Crippen molar-refractivity contribution < 1.29 is 23.1 Å². The predicted octanol–water partition coefficient (Wildman–Crippen LogP) is 1.93. The average Bonchev–Trinajstić information content (AvgIpc) is 2.94. The third-order valence-corrected chi connectivity index (χ3v) is 4.35. The quantitative estimate of drug-likeness (QED) is 0.924. The van der Waals surface area contributed by atoms with E-state index in [-0.39, 0.29) is 30.0 Å². The van der Waals surface area contributed by atoms with Crippen LogP contribution in [0, 0.1) is 17.6 Å². The Labute approximate surface area is 132 Å². The highest BCUT2D eigenvalue weighted by Crippen LogP contribution is 2.26. The minimum absolute atomic E-state index is 0.0395. The summed E-state index contributed by atoms with van der Waals surface area (Å²) in [6, 6.07) is 3.31. The molecule has 1 unspecified atom stereocenters. The van der Waals surface area contributed by atoms with Crippen molar-refractivity contribution in [3.05, 3.63) is 29.8 Å². The van der Waals surface area contributed by atoms with Gasteiger partial charge in [0.2, 0.25) is 11.8 Å². The molecule has 2 fully saturated rings. The number of ether oxygens (including phenoxy) is 1. The van der Waals surface area contributed by atoms with Gasteiger partial charge in [-0.3, -0.25) is 9.59 Å². The Hall–Kier alpha value is -2.02. The number of anilines is 1. The highest BCUT2D eigenvalue weighted by Gasteiger charge is 2.38. The van der Waals surface area contributed by atoms with Gasteiger partial charge in [-0.2, -0.15) is 0 Å². The van der Waals surface area contributed by atoms with Crippen molar-refractivity contribution in [2.24, 2.45) is 5.92 Å². The lowest BCUT2D eigenvalue weighted by molar-refractivity contribution is -0.131. The molecule has 0 aliphatic carbocycles. The summed E-state index contributed by atoms with van der Waals surface area (Å²) >= 11 is 0. The Kier molecular flexibility index (Phi) is 4.56. The smallest absolute Gasteiger partial charge is 0.229 e. The van der Waals surface area contributed by atoms with E-state index in [2.05, 4.69) is 5.32 Å². The summed E-state index contributed by atoms with van der Waals surface area (Å²) in [7, 11) is 0. The molecule has 0 saturated carbocycles. The van der Waals surface area contributed by atoms with E-state index in [0.29, 0.717) is 19.8 Å². The molecule has 0 aromatic heterocycles. The number of carbonyl (C=O) groups is 2. The third kappa shape index (κ3) is 3.50. The van der Waals surface area contributed by atoms with Gasteiger partial charge in [-0.25, -0.2) is 8.78 Å². The SMILES string of the molecule is O=C(Nc1ccc(F)c(F)c1)C1CC(=O)N(C2CCOCC2)C1. The van der Waals surface area contributed by atoms with Gasteiger partial charge in [0.05, 0.1) is 5.92 Å². The largest absolute Gasteiger partial charge is 0.381 e. The van der Waals surface area contributed by atoms with Crippen LogP contribution in [0.4, 0.5) is 14.5 Å². The average molecular weight is 324 g/mol. The summed E-state index contributed by atoms with van der Waals surface area (Å²) in [4.78, 5) is 26.1. The van der Waals surface area contributed by atoms with Gasteiger partial charge in [0.25, 0.3) is 0 Å². The summed E-state index contributed by atoms with van der Waals surface area (Å²) in [6.45, 7) is 1.61. The molecular formula is C16H18F2N2O3. The number of halogens is 2. The number of hydrogen-bond acceptors (Lipinski definition) is 3. The van der Waals surface area contributed by atoms with Gasteiger partial charge >= 0.3 is 0 Å². The molecule has 2 aliphatic rings. The van der Waals surface area contributed by atoms with E-state index >= 15 is 0 Å². The molecule has 7 heteroatoms. The van der Waals surface area contributed by atoms with E-state index < -0.39 is 17.6 Å². The van der Waals surface area contributed by atoms with Crippen LogP contribution < -0.4 is 5.32 Å². The molecule has 0 bridgehead atoms. The van der Waals surface area contributed by atoms with Gasteiger partial charge in [-0.05, 0) is 25.0 Å². The number of likely N-dealkylation sites (tertiary alicyclic amines) is 1. The van der Waals surface area contributed by atoms with E-state index in [1.807, 2.05) is 0 Å². The lowest BCUT2D eigenvalue weighted by atomic mass is 10.1. The second-order valence-corrected chi connectivity index (χ2v) is 5.91. The van der Waals surface area contributed by atoms with E-state index in [1.165, 1.54) is 6.07 Å². The van der Waals surface area contributed by atoms with Gasteiger partial charge in [-0.15, -0.1) is 0 Å². The minimum atomic E-state index is -1.02. The molecule has 1 aromatic rings. The molecule has 2 heterocycles. The molecule has 1 N–H and O–H groups in total. The number of nitrogens with one attached hydrogen (secondary N) is 1. The highest BCUT2D eigenvalue weighted by molar-refractivity contribution is 5.97. The lowest BCUT2D eigenvalue weighted by Crippen LogP contribution is -2.41. The summed E-state index contributed by atoms with van der Waals surface area (Å²) < 4.78 is 31.4. The maximum absolute atomic E-state index is 13.2. The Morgan fingerprint density at radius 1 is 1.22 bits per heavy atom. The molecule has 0 radical (unpaired) electrons. The second-order valence-electron chi connectivity index (χ2n) is 5.91. The maximum atomic E-state index is 13.2. The van der Waals surface area contributed by atoms with Crippen LogP contribution in [-0.4, -0.2) is 42.5 Å². The first-order chi connectivity index (χ1) is 11.0. The van der Waals surface area contributed by atoms with Crippen LogP contribution in [-0.2, 0) is 14.3 Å². The van der Waals surface area contributed by atoms with Crippen LogP contribution in [0.1, 0.15) is 19.3 Å². The van der Waals surface area contributed by atoms with Crippen molar-refractivity contribution in [1.29, 1.82) is 0 Å². The fourth-order valence-electron chi connectivity index (χ4n) is 3.08. The zero-order valence-corrected chi connectivity index (χ0v) is 12.6. The van der Waals surface area contributed by atoms with Crippen LogP contribution in [0.3, 0.4) is 0 Å². The molecule has 1 aromatic carbocycles. The maximum Gasteiger partial charge on any atom is 0.229 e. The van der Waals surface area contributed by atoms with Crippen molar-refractivity contribution in [2.45, 2.75) is 25.3 Å². The molecule has 2 amide bonds. The normalized spacial score (nSPS) is 22.4. The molecule has 0 spiro atoms. The summed E-state index contributed by atoms with van der Waals surface area (Å²) in [6.07, 6.45) is 1.71. The number of nitrogens with zero attached hydrogens (tertiary/aromatic N) is 1. The first-order valence-electron chi connectivity index (χ1n) is 7.67. The lowest BCUT2D eigenvalue weighted by Gasteiger charge is -2.31. The van der Waals surface area contributed by atoms with Gasteiger partial charge in [0.1, 0.15) is 0 Å². The summed E-state index contributed by atoms with van der Waals surface area (Å²) in [5.41, 5.74) is 0.186. The number of benzene rings is 1. The van der Waals surface area contributed by atoms with E-state index in [9.17, 15) is 18.4 Å². The van der Waals surface area contributed by atoms with Crippen molar-refractivity contribution in [1.82, 2.24) is 4.90 Å². The Morgan fingerprint density at radius 2 is 1.96 bits per heavy atom. The molecule has 124 valence electrons. The monoisotopic (exact) mass is 324 g/mol. The van der Waals surface area contributed by atoms with Gasteiger partial charge in [-0.1, -0.05) is 0 Å². The molecule has 1 atom stereocenters. The van der Waals surface area contributed by atoms with Crippen molar-refractivity contribution >= 4 is 17.5 Å². The minimum Gasteiger partial charge on any atom is -0.381 e. The zero-order valence-electron chi connectivity index (χ0n) is 12.6. The first-order valence-corrected chi connectivity index (χ1v) is 7.67. The zero-order chi connectivity index (χ0) is 16.4. The van der Waals surface area contributed by atoms with E-state index in [4.69, 9.17) is 4.74 Å². The number of rotatable bonds is 3. The third-order valence-electron chi connectivity index (χ3n) is 4.35. The molecule has 2 aliphatic heterocycles. The van der Waals surface area contributed by atoms with Gasteiger partial charge in [0.15, 0.2) is 11.6 Å². The van der Waals surface area contributed by atoms with Crippen LogP contribution >= 0.6 is 0 Å². The second kappa shape index (κ2) is 6.62. The molecular weight excluding hydrogens is 306 g/mol. The summed E-state index contributed by atoms with van der Waals surface area (Å²) in [5, 5.41) is 2.55. The standard InChI is InChI=1S/C16H18F2N2O3/c17-13-2-1-11(8-14(13)18)19-16(22)10-7-15(21)20(9-10)12-3-5-23-6-4-12/h1-2,8,10,12H,3-7,9H2,(H,19,22). The fraction of sp³-hybridized carbons (Fsp3) is 0.500. The molecule has 5 nitrogen and oxygen atoms in total. The molecule has 3 rings (SSSR count). The van der Waals surface area contributed by atoms with E-state index in [1.54, 1.807) is 4.90 Å². The number of carbonyl (C=O) groups excluding carboxylic acids is 2. The Balaban J connectivity index is 1.61. The Morgan fingerprint density at radius 3 is 2.65 bits per heavy atom. The van der Waals surface area contributed by atoms with Gasteiger partial charge < -0.3 is 15.0 Å². The molecule has 23 heavy (non-hydrogen) atoms. The fourth-order valence-corrected chi connectivity index (χ4v) is 3.08. The van der Waals surface area contributed by atoms with Crippen LogP contribution in [0.5, 0.6) is 0 Å². The highest BCUT2D eigenvalue weighted by atomic mass is 19.2. The topological polar surface area (TPSA) is 58.6 Å². The first kappa shape index (κ1) is 15.9. The van der Waals surface area contributed by atoms with Crippen LogP contribution in [0.2, 0.25) is 0 Å². The van der Waals surface area contributed by atoms with Crippen LogP contribution in [0.15, 0.2) is 18.2 Å². The van der Waals surface area contributed by atoms with E-state index in [0.717, 1.165) is 25.0 Å². The number of hydrogen-bond donors (Lipinski definition) is 1. The number of amides is 2. The summed E-state index contributed by atoms with van der Waals surface area (Å²) in [5.74, 6) is -2.85. The Bertz CT molecular complexity index is 617. The molecule has 2 saturated heterocycles. The van der Waals surface area contributed by atoms with Crippen molar-refractivity contribution in [3.63, 3.8) is 0 Å².